The standard InChI is InChI=1S/C40H39BN2O5/c1-40(2,3)30-18-14-29(15-19-30)37(44)42-35-23-20-31(41-4)25-34(35)38(45)43-36(39(46)47)24-26-10-12-27(13-11-26)28-16-21-33(22-17-28)48-32-8-6-5-7-9-32/h5-23,25,36,41H,24H2,1-4H3,(H,42,44)(H,43,45)(H,46,47)/t36-/m0/s1. The first-order chi connectivity index (χ1) is 23.0. The fourth-order valence-electron chi connectivity index (χ4n) is 5.27. The zero-order valence-electron chi connectivity index (χ0n) is 27.6. The summed E-state index contributed by atoms with van der Waals surface area (Å²) in [5.74, 6) is -0.607. The molecule has 0 aliphatic heterocycles. The van der Waals surface area contributed by atoms with Gasteiger partial charge in [-0.05, 0) is 70.1 Å². The molecule has 7 nitrogen and oxygen atoms in total. The predicted molar refractivity (Wildman–Crippen MR) is 193 cm³/mol. The Balaban J connectivity index is 1.27. The molecule has 2 amide bonds. The first kappa shape index (κ1) is 33.7. The largest absolute Gasteiger partial charge is 0.480 e. The van der Waals surface area contributed by atoms with Gasteiger partial charge >= 0.3 is 5.97 Å². The van der Waals surface area contributed by atoms with Crippen LogP contribution in [0.25, 0.3) is 11.1 Å². The average molecular weight is 639 g/mol. The van der Waals surface area contributed by atoms with E-state index >= 15 is 0 Å². The van der Waals surface area contributed by atoms with Crippen LogP contribution in [0.15, 0.2) is 121 Å². The third-order valence-corrected chi connectivity index (χ3v) is 8.16. The zero-order valence-corrected chi connectivity index (χ0v) is 27.6. The molecule has 0 fully saturated rings. The maximum atomic E-state index is 13.6. The van der Waals surface area contributed by atoms with Gasteiger partial charge in [-0.15, -0.1) is 0 Å². The minimum absolute atomic E-state index is 0.0516. The smallest absolute Gasteiger partial charge is 0.326 e. The van der Waals surface area contributed by atoms with Gasteiger partial charge in [0.1, 0.15) is 17.5 Å². The highest BCUT2D eigenvalue weighted by molar-refractivity contribution is 6.52. The van der Waals surface area contributed by atoms with Crippen LogP contribution in [-0.2, 0) is 16.6 Å². The van der Waals surface area contributed by atoms with Gasteiger partial charge in [0.15, 0.2) is 7.28 Å². The number of nitrogens with one attached hydrogen (secondary N) is 2. The van der Waals surface area contributed by atoms with Crippen molar-refractivity contribution in [2.45, 2.75) is 45.5 Å². The summed E-state index contributed by atoms with van der Waals surface area (Å²) in [5, 5.41) is 15.6. The van der Waals surface area contributed by atoms with Crippen LogP contribution in [0.1, 0.15) is 52.6 Å². The fourth-order valence-corrected chi connectivity index (χ4v) is 5.27. The predicted octanol–water partition coefficient (Wildman–Crippen LogP) is 7.23. The van der Waals surface area contributed by atoms with E-state index in [9.17, 15) is 19.5 Å². The summed E-state index contributed by atoms with van der Waals surface area (Å²) in [7, 11) is 0.667. The van der Waals surface area contributed by atoms with E-state index in [1.54, 1.807) is 24.3 Å². The van der Waals surface area contributed by atoms with Gasteiger partial charge < -0.3 is 20.5 Å². The molecule has 48 heavy (non-hydrogen) atoms. The normalized spacial score (nSPS) is 11.7. The van der Waals surface area contributed by atoms with Crippen molar-refractivity contribution in [3.05, 3.63) is 144 Å². The van der Waals surface area contributed by atoms with Crippen LogP contribution in [0.5, 0.6) is 11.5 Å². The van der Waals surface area contributed by atoms with Gasteiger partial charge in [0.2, 0.25) is 0 Å². The molecule has 3 N–H and O–H groups in total. The maximum Gasteiger partial charge on any atom is 0.326 e. The van der Waals surface area contributed by atoms with Crippen molar-refractivity contribution in [1.82, 2.24) is 5.32 Å². The van der Waals surface area contributed by atoms with E-state index in [-0.39, 0.29) is 23.3 Å². The Labute approximate surface area is 282 Å². The number of carbonyl (C=O) groups excluding carboxylic acids is 2. The van der Waals surface area contributed by atoms with Crippen LogP contribution >= 0.6 is 0 Å². The van der Waals surface area contributed by atoms with E-state index in [4.69, 9.17) is 4.74 Å². The van der Waals surface area contributed by atoms with Crippen molar-refractivity contribution < 1.29 is 24.2 Å². The highest BCUT2D eigenvalue weighted by Gasteiger charge is 2.24. The number of para-hydroxylation sites is 1. The lowest BCUT2D eigenvalue weighted by Gasteiger charge is -2.19. The summed E-state index contributed by atoms with van der Waals surface area (Å²) >= 11 is 0. The topological polar surface area (TPSA) is 105 Å². The van der Waals surface area contributed by atoms with Gasteiger partial charge in [0.05, 0.1) is 11.3 Å². The monoisotopic (exact) mass is 638 g/mol. The zero-order chi connectivity index (χ0) is 34.3. The van der Waals surface area contributed by atoms with Crippen molar-refractivity contribution in [3.63, 3.8) is 0 Å². The summed E-state index contributed by atoms with van der Waals surface area (Å²) in [6.45, 7) is 8.27. The molecule has 0 heterocycles. The molecule has 0 radical (unpaired) electrons. The minimum Gasteiger partial charge on any atom is -0.480 e. The first-order valence-corrected chi connectivity index (χ1v) is 16.0. The molecule has 0 aliphatic carbocycles. The Morgan fingerprint density at radius 2 is 1.35 bits per heavy atom. The fraction of sp³-hybridized carbons (Fsp3) is 0.175. The van der Waals surface area contributed by atoms with Crippen molar-refractivity contribution in [1.29, 1.82) is 0 Å². The molecule has 0 spiro atoms. The maximum absolute atomic E-state index is 13.6. The van der Waals surface area contributed by atoms with Crippen LogP contribution in [0, 0.1) is 0 Å². The number of hydrogen-bond donors (Lipinski definition) is 3. The quantitative estimate of drug-likeness (QED) is 0.133. The van der Waals surface area contributed by atoms with Crippen molar-refractivity contribution in [2.75, 3.05) is 5.32 Å². The lowest BCUT2D eigenvalue weighted by atomic mass is 9.73. The van der Waals surface area contributed by atoms with Crippen molar-refractivity contribution in [2.24, 2.45) is 0 Å². The molecule has 5 aromatic rings. The van der Waals surface area contributed by atoms with E-state index in [0.717, 1.165) is 39.2 Å². The van der Waals surface area contributed by atoms with Crippen LogP contribution in [0.2, 0.25) is 6.82 Å². The second-order valence-corrected chi connectivity index (χ2v) is 12.7. The molecule has 1 atom stereocenters. The van der Waals surface area contributed by atoms with Crippen LogP contribution in [0.4, 0.5) is 5.69 Å². The van der Waals surface area contributed by atoms with Gasteiger partial charge in [-0.3, -0.25) is 9.59 Å². The van der Waals surface area contributed by atoms with E-state index in [2.05, 4.69) is 31.4 Å². The lowest BCUT2D eigenvalue weighted by molar-refractivity contribution is -0.139. The molecule has 0 unspecified atom stereocenters. The molecule has 5 rings (SSSR count). The molecular formula is C40H39BN2O5. The summed E-state index contributed by atoms with van der Waals surface area (Å²) in [6, 6.07) is 36.3. The van der Waals surface area contributed by atoms with E-state index in [1.165, 1.54) is 0 Å². The van der Waals surface area contributed by atoms with Gasteiger partial charge in [-0.25, -0.2) is 4.79 Å². The highest BCUT2D eigenvalue weighted by atomic mass is 16.5. The molecule has 0 aliphatic rings. The van der Waals surface area contributed by atoms with Crippen molar-refractivity contribution in [3.8, 4) is 22.6 Å². The van der Waals surface area contributed by atoms with Gasteiger partial charge in [0.25, 0.3) is 11.8 Å². The molecular weight excluding hydrogens is 599 g/mol. The number of hydrogen-bond acceptors (Lipinski definition) is 4. The Morgan fingerprint density at radius 1 is 0.750 bits per heavy atom. The molecule has 0 saturated carbocycles. The summed E-state index contributed by atoms with van der Waals surface area (Å²) < 4.78 is 5.88. The second-order valence-electron chi connectivity index (χ2n) is 12.7. The highest BCUT2D eigenvalue weighted by Crippen LogP contribution is 2.27. The van der Waals surface area contributed by atoms with Crippen LogP contribution < -0.4 is 20.8 Å². The summed E-state index contributed by atoms with van der Waals surface area (Å²) in [4.78, 5) is 39.0. The third-order valence-electron chi connectivity index (χ3n) is 8.16. The van der Waals surface area contributed by atoms with E-state index < -0.39 is 17.9 Å². The first-order valence-electron chi connectivity index (χ1n) is 16.0. The summed E-state index contributed by atoms with van der Waals surface area (Å²) in [6.07, 6.45) is 0.0838. The second kappa shape index (κ2) is 14.9. The average Bonchev–Trinajstić information content (AvgIpc) is 3.09. The lowest BCUT2D eigenvalue weighted by Crippen LogP contribution is -2.42. The molecule has 5 aromatic carbocycles. The number of carboxylic acid groups (broad SMARTS) is 1. The van der Waals surface area contributed by atoms with Gasteiger partial charge in [-0.2, -0.15) is 0 Å². The van der Waals surface area contributed by atoms with Crippen LogP contribution in [0.3, 0.4) is 0 Å². The Kier molecular flexibility index (Phi) is 10.4. The number of carboxylic acids is 1. The number of carbonyl (C=O) groups is 3. The molecule has 8 heteroatoms. The van der Waals surface area contributed by atoms with Crippen LogP contribution in [-0.4, -0.2) is 36.2 Å². The SMILES string of the molecule is CBc1ccc(NC(=O)c2ccc(C(C)(C)C)cc2)c(C(=O)N[C@@H](Cc2ccc(-c3ccc(Oc4ccccc4)cc3)cc2)C(=O)O)c1. The molecule has 0 saturated heterocycles. The van der Waals surface area contributed by atoms with Gasteiger partial charge in [-0.1, -0.05) is 112 Å². The molecule has 0 aromatic heterocycles. The third kappa shape index (κ3) is 8.59. The summed E-state index contributed by atoms with van der Waals surface area (Å²) in [5.41, 5.74) is 5.61. The number of amides is 2. The van der Waals surface area contributed by atoms with Gasteiger partial charge in [0, 0.05) is 12.0 Å². The molecule has 242 valence electrons. The number of benzene rings is 5. The number of ether oxygens (including phenoxy) is 1. The Hall–Kier alpha value is -5.63. The molecule has 0 bridgehead atoms. The number of anilines is 1. The van der Waals surface area contributed by atoms with Crippen molar-refractivity contribution >= 4 is 36.2 Å². The van der Waals surface area contributed by atoms with E-state index in [1.807, 2.05) is 104 Å². The van der Waals surface area contributed by atoms with E-state index in [0.29, 0.717) is 18.5 Å². The Bertz CT molecular complexity index is 1880. The Morgan fingerprint density at radius 3 is 1.94 bits per heavy atom. The number of aliphatic carboxylic acids is 1. The number of rotatable bonds is 11. The minimum atomic E-state index is -1.18.